The Kier molecular flexibility index (Phi) is 17.4. The van der Waals surface area contributed by atoms with Crippen molar-refractivity contribution in [3.05, 3.63) is 0 Å². The largest absolute Gasteiger partial charge is 0.460 e. The Balaban J connectivity index is 5.26. The molecule has 0 fully saturated rings. The monoisotopic (exact) mass is 599 g/mol. The molecule has 3 N–H and O–H groups in total. The van der Waals surface area contributed by atoms with Gasteiger partial charge in [0.2, 0.25) is 5.91 Å². The average molecular weight is 600 g/mol. The molecule has 0 rings (SSSR count). The molecule has 0 aromatic carbocycles. The zero-order valence-electron chi connectivity index (χ0n) is 27.7. The Morgan fingerprint density at radius 3 is 1.57 bits per heavy atom. The fourth-order valence-electron chi connectivity index (χ4n) is 3.76. The maximum Gasteiger partial charge on any atom is 0.329 e. The lowest BCUT2D eigenvalue weighted by Crippen LogP contribution is -2.53. The molecule has 0 spiro atoms. The normalized spacial score (nSPS) is 13.4. The van der Waals surface area contributed by atoms with Gasteiger partial charge in [0.25, 0.3) is 0 Å². The minimum atomic E-state index is -1.15. The van der Waals surface area contributed by atoms with Crippen LogP contribution in [-0.2, 0) is 33.4 Å². The molecule has 0 aliphatic heterocycles. The van der Waals surface area contributed by atoms with Crippen LogP contribution in [0, 0.1) is 0 Å². The quantitative estimate of drug-likeness (QED) is 0.119. The summed E-state index contributed by atoms with van der Waals surface area (Å²) >= 11 is 0. The Hall–Kier alpha value is -2.85. The average Bonchev–Trinajstić information content (AvgIpc) is 2.80. The van der Waals surface area contributed by atoms with E-state index in [1.54, 1.807) is 62.3 Å². The van der Waals surface area contributed by atoms with E-state index in [0.717, 1.165) is 25.7 Å². The first-order valence-corrected chi connectivity index (χ1v) is 15.2. The predicted octanol–water partition coefficient (Wildman–Crippen LogP) is 5.09. The second-order valence-corrected chi connectivity index (χ2v) is 13.6. The molecule has 0 saturated heterocycles. The van der Waals surface area contributed by atoms with E-state index in [1.807, 2.05) is 0 Å². The van der Waals surface area contributed by atoms with Crippen molar-refractivity contribution in [2.75, 3.05) is 6.54 Å². The zero-order chi connectivity index (χ0) is 32.6. The van der Waals surface area contributed by atoms with Crippen molar-refractivity contribution in [1.82, 2.24) is 16.0 Å². The van der Waals surface area contributed by atoms with Crippen LogP contribution >= 0.6 is 0 Å². The Labute approximate surface area is 252 Å². The summed E-state index contributed by atoms with van der Waals surface area (Å²) in [5, 5.41) is 8.06. The number of carbonyl (C=O) groups is 5. The number of hydrogen-bond acceptors (Lipinski definition) is 8. The first-order chi connectivity index (χ1) is 19.2. The molecule has 0 aliphatic carbocycles. The SMILES string of the molecule is CCCCCCC(=O)NCCCC[C@H](NC(=O)N[C@@H](CCC(=O)OC(C)(C)C)C(=O)OC(C)(C)C)C(=O)OC(C)(C)C. The summed E-state index contributed by atoms with van der Waals surface area (Å²) in [5.74, 6) is -1.83. The number of ether oxygens (including phenoxy) is 3. The van der Waals surface area contributed by atoms with E-state index in [2.05, 4.69) is 22.9 Å². The van der Waals surface area contributed by atoms with Gasteiger partial charge in [0.1, 0.15) is 28.9 Å². The number of urea groups is 1. The molecule has 244 valence electrons. The Morgan fingerprint density at radius 1 is 0.595 bits per heavy atom. The third kappa shape index (κ3) is 21.8. The van der Waals surface area contributed by atoms with Crippen LogP contribution in [0.4, 0.5) is 4.79 Å². The van der Waals surface area contributed by atoms with E-state index >= 15 is 0 Å². The highest BCUT2D eigenvalue weighted by Gasteiger charge is 2.31. The third-order valence-electron chi connectivity index (χ3n) is 5.55. The van der Waals surface area contributed by atoms with Crippen molar-refractivity contribution in [2.45, 2.75) is 162 Å². The van der Waals surface area contributed by atoms with Crippen molar-refractivity contribution in [2.24, 2.45) is 0 Å². The van der Waals surface area contributed by atoms with Gasteiger partial charge in [-0.05, 0) is 94.4 Å². The molecule has 3 amide bonds. The highest BCUT2D eigenvalue weighted by atomic mass is 16.6. The minimum Gasteiger partial charge on any atom is -0.460 e. The van der Waals surface area contributed by atoms with Crippen molar-refractivity contribution >= 4 is 29.8 Å². The van der Waals surface area contributed by atoms with E-state index in [-0.39, 0.29) is 25.2 Å². The highest BCUT2D eigenvalue weighted by Crippen LogP contribution is 2.15. The lowest BCUT2D eigenvalue weighted by molar-refractivity contribution is -0.159. The van der Waals surface area contributed by atoms with Crippen LogP contribution in [0.15, 0.2) is 0 Å². The summed E-state index contributed by atoms with van der Waals surface area (Å²) in [4.78, 5) is 63.0. The molecule has 42 heavy (non-hydrogen) atoms. The van der Waals surface area contributed by atoms with Gasteiger partial charge in [-0.2, -0.15) is 0 Å². The smallest absolute Gasteiger partial charge is 0.329 e. The summed E-state index contributed by atoms with van der Waals surface area (Å²) in [6.45, 7) is 18.1. The second kappa shape index (κ2) is 18.6. The van der Waals surface area contributed by atoms with Gasteiger partial charge in [-0.1, -0.05) is 26.2 Å². The van der Waals surface area contributed by atoms with E-state index < -0.39 is 52.8 Å². The molecule has 0 unspecified atom stereocenters. The number of carbonyl (C=O) groups excluding carboxylic acids is 5. The van der Waals surface area contributed by atoms with Gasteiger partial charge in [0.15, 0.2) is 0 Å². The van der Waals surface area contributed by atoms with E-state index in [1.165, 1.54) is 0 Å². The van der Waals surface area contributed by atoms with Crippen LogP contribution < -0.4 is 16.0 Å². The first kappa shape index (κ1) is 39.1. The van der Waals surface area contributed by atoms with Gasteiger partial charge < -0.3 is 30.2 Å². The molecule has 0 heterocycles. The fourth-order valence-corrected chi connectivity index (χ4v) is 3.76. The summed E-state index contributed by atoms with van der Waals surface area (Å²) in [6, 6.07) is -2.91. The van der Waals surface area contributed by atoms with Crippen molar-refractivity contribution in [3.8, 4) is 0 Å². The van der Waals surface area contributed by atoms with Crippen molar-refractivity contribution in [1.29, 1.82) is 0 Å². The zero-order valence-corrected chi connectivity index (χ0v) is 27.7. The third-order valence-corrected chi connectivity index (χ3v) is 5.55. The first-order valence-electron chi connectivity index (χ1n) is 15.2. The van der Waals surface area contributed by atoms with E-state index in [9.17, 15) is 24.0 Å². The fraction of sp³-hybridized carbons (Fsp3) is 0.839. The lowest BCUT2D eigenvalue weighted by atomic mass is 10.1. The molecule has 11 nitrogen and oxygen atoms in total. The standard InChI is InChI=1S/C31H57N3O8/c1-11-12-13-14-18-24(35)32-21-16-15-17-22(26(37)41-30(5,6)7)33-28(39)34-23(27(38)42-31(8,9)10)19-20-25(36)40-29(2,3)4/h22-23H,11-21H2,1-10H3,(H,32,35)(H2,33,34,39)/t22-,23-/m0/s1. The van der Waals surface area contributed by atoms with Gasteiger partial charge in [0.05, 0.1) is 0 Å². The molecule has 2 atom stereocenters. The summed E-state index contributed by atoms with van der Waals surface area (Å²) in [5.41, 5.74) is -2.28. The van der Waals surface area contributed by atoms with E-state index in [4.69, 9.17) is 14.2 Å². The van der Waals surface area contributed by atoms with Crippen LogP contribution in [0.2, 0.25) is 0 Å². The van der Waals surface area contributed by atoms with E-state index in [0.29, 0.717) is 25.8 Å². The number of esters is 3. The van der Waals surface area contributed by atoms with Crippen LogP contribution in [0.3, 0.4) is 0 Å². The molecule has 0 saturated carbocycles. The number of unbranched alkanes of at least 4 members (excludes halogenated alkanes) is 4. The number of rotatable bonds is 17. The molecule has 0 aliphatic rings. The number of hydrogen-bond donors (Lipinski definition) is 3. The summed E-state index contributed by atoms with van der Waals surface area (Å²) < 4.78 is 16.3. The second-order valence-electron chi connectivity index (χ2n) is 13.6. The van der Waals surface area contributed by atoms with Gasteiger partial charge in [-0.15, -0.1) is 0 Å². The maximum absolute atomic E-state index is 13.0. The van der Waals surface area contributed by atoms with Crippen LogP contribution in [-0.4, -0.2) is 65.3 Å². The van der Waals surface area contributed by atoms with Gasteiger partial charge >= 0.3 is 23.9 Å². The van der Waals surface area contributed by atoms with Crippen molar-refractivity contribution < 1.29 is 38.2 Å². The lowest BCUT2D eigenvalue weighted by Gasteiger charge is -2.27. The maximum atomic E-state index is 13.0. The molecule has 0 aromatic heterocycles. The van der Waals surface area contributed by atoms with Crippen LogP contribution in [0.1, 0.15) is 133 Å². The number of nitrogens with one attached hydrogen (secondary N) is 3. The number of amides is 3. The Bertz CT molecular complexity index is 869. The topological polar surface area (TPSA) is 149 Å². The van der Waals surface area contributed by atoms with Crippen LogP contribution in [0.5, 0.6) is 0 Å². The van der Waals surface area contributed by atoms with Gasteiger partial charge in [-0.3, -0.25) is 9.59 Å². The summed E-state index contributed by atoms with van der Waals surface area (Å²) in [7, 11) is 0. The van der Waals surface area contributed by atoms with Gasteiger partial charge in [0, 0.05) is 19.4 Å². The van der Waals surface area contributed by atoms with Crippen LogP contribution in [0.25, 0.3) is 0 Å². The van der Waals surface area contributed by atoms with Crippen molar-refractivity contribution in [3.63, 3.8) is 0 Å². The Morgan fingerprint density at radius 2 is 1.10 bits per heavy atom. The summed E-state index contributed by atoms with van der Waals surface area (Å²) in [6.07, 6.45) is 5.86. The van der Waals surface area contributed by atoms with Gasteiger partial charge in [-0.25, -0.2) is 14.4 Å². The molecule has 0 aromatic rings. The molecule has 11 heteroatoms. The molecule has 0 radical (unpaired) electrons. The molecular weight excluding hydrogens is 542 g/mol. The predicted molar refractivity (Wildman–Crippen MR) is 162 cm³/mol. The minimum absolute atomic E-state index is 0.00636. The molecular formula is C31H57N3O8. The highest BCUT2D eigenvalue weighted by molar-refractivity contribution is 5.87. The molecule has 0 bridgehead atoms.